The second-order valence-electron chi connectivity index (χ2n) is 2.91. The summed E-state index contributed by atoms with van der Waals surface area (Å²) in [4.78, 5) is 21.1. The van der Waals surface area contributed by atoms with E-state index in [1.165, 1.54) is 18.2 Å². The Labute approximate surface area is 101 Å². The number of halogens is 2. The van der Waals surface area contributed by atoms with Gasteiger partial charge in [-0.1, -0.05) is 11.6 Å². The molecule has 1 N–H and O–H groups in total. The highest BCUT2D eigenvalue weighted by Crippen LogP contribution is 2.26. The van der Waals surface area contributed by atoms with Crippen LogP contribution in [0.25, 0.3) is 0 Å². The smallest absolute Gasteiger partial charge is 0.271 e. The number of nitro benzene ring substituents is 1. The third kappa shape index (κ3) is 3.36. The molecule has 0 spiro atoms. The van der Waals surface area contributed by atoms with E-state index in [1.807, 2.05) is 0 Å². The molecule has 0 aromatic heterocycles. The lowest BCUT2D eigenvalue weighted by molar-refractivity contribution is -0.384. The van der Waals surface area contributed by atoms with Crippen molar-refractivity contribution in [1.82, 2.24) is 0 Å². The van der Waals surface area contributed by atoms with Gasteiger partial charge in [-0.15, -0.1) is 11.6 Å². The highest BCUT2D eigenvalue weighted by Gasteiger charge is 2.10. The Morgan fingerprint density at radius 3 is 2.69 bits per heavy atom. The topological polar surface area (TPSA) is 72.2 Å². The molecule has 0 fully saturated rings. The molecule has 1 aromatic carbocycles. The molecule has 1 rings (SSSR count). The average Bonchev–Trinajstić information content (AvgIpc) is 2.21. The Hall–Kier alpha value is -1.33. The summed E-state index contributed by atoms with van der Waals surface area (Å²) in [5.41, 5.74) is 0.211. The zero-order valence-corrected chi connectivity index (χ0v) is 9.59. The van der Waals surface area contributed by atoms with Gasteiger partial charge in [0.05, 0.1) is 15.6 Å². The molecule has 0 radical (unpaired) electrons. The monoisotopic (exact) mass is 262 g/mol. The van der Waals surface area contributed by atoms with Gasteiger partial charge in [-0.05, 0) is 6.07 Å². The summed E-state index contributed by atoms with van der Waals surface area (Å²) in [5, 5.41) is 13.1. The number of amides is 1. The van der Waals surface area contributed by atoms with E-state index in [-0.39, 0.29) is 28.9 Å². The summed E-state index contributed by atoms with van der Waals surface area (Å²) in [7, 11) is 0. The summed E-state index contributed by atoms with van der Waals surface area (Å²) in [6.45, 7) is 0. The first-order chi connectivity index (χ1) is 7.54. The maximum absolute atomic E-state index is 11.2. The maximum atomic E-state index is 11.2. The first-order valence-corrected chi connectivity index (χ1v) is 5.25. The van der Waals surface area contributed by atoms with Crippen LogP contribution in [0.4, 0.5) is 11.4 Å². The maximum Gasteiger partial charge on any atom is 0.271 e. The van der Waals surface area contributed by atoms with Crippen molar-refractivity contribution >= 4 is 40.5 Å². The highest BCUT2D eigenvalue weighted by molar-refractivity contribution is 6.34. The molecular weight excluding hydrogens is 255 g/mol. The van der Waals surface area contributed by atoms with E-state index in [4.69, 9.17) is 23.2 Å². The molecule has 7 heteroatoms. The van der Waals surface area contributed by atoms with E-state index in [2.05, 4.69) is 5.32 Å². The lowest BCUT2D eigenvalue weighted by Crippen LogP contribution is -2.12. The minimum absolute atomic E-state index is 0.122. The minimum Gasteiger partial charge on any atom is -0.325 e. The predicted molar refractivity (Wildman–Crippen MR) is 62.1 cm³/mol. The third-order valence-corrected chi connectivity index (χ3v) is 2.26. The highest BCUT2D eigenvalue weighted by atomic mass is 35.5. The average molecular weight is 263 g/mol. The van der Waals surface area contributed by atoms with Gasteiger partial charge in [0.15, 0.2) is 0 Å². The second kappa shape index (κ2) is 5.67. The predicted octanol–water partition coefficient (Wildman–Crippen LogP) is 2.82. The Balaban J connectivity index is 2.83. The molecule has 0 saturated carbocycles. The van der Waals surface area contributed by atoms with Crippen LogP contribution in [0.1, 0.15) is 6.42 Å². The molecule has 0 aliphatic heterocycles. The Kier molecular flexibility index (Phi) is 4.52. The van der Waals surface area contributed by atoms with Crippen LogP contribution in [0.5, 0.6) is 0 Å². The van der Waals surface area contributed by atoms with Crippen molar-refractivity contribution in [2.45, 2.75) is 6.42 Å². The lowest BCUT2D eigenvalue weighted by atomic mass is 10.2. The number of carbonyl (C=O) groups is 1. The molecule has 0 bridgehead atoms. The van der Waals surface area contributed by atoms with Crippen molar-refractivity contribution < 1.29 is 9.72 Å². The van der Waals surface area contributed by atoms with Crippen LogP contribution in [0.2, 0.25) is 5.02 Å². The Morgan fingerprint density at radius 2 is 2.19 bits per heavy atom. The number of nitro groups is 1. The number of carbonyl (C=O) groups excluding carboxylic acids is 1. The van der Waals surface area contributed by atoms with Crippen LogP contribution in [0, 0.1) is 10.1 Å². The first-order valence-electron chi connectivity index (χ1n) is 4.34. The van der Waals surface area contributed by atoms with Crippen molar-refractivity contribution in [3.05, 3.63) is 33.3 Å². The molecule has 5 nitrogen and oxygen atoms in total. The number of benzene rings is 1. The molecular formula is C9H8Cl2N2O3. The molecule has 86 valence electrons. The van der Waals surface area contributed by atoms with Crippen LogP contribution in [0.15, 0.2) is 18.2 Å². The zero-order valence-electron chi connectivity index (χ0n) is 8.07. The van der Waals surface area contributed by atoms with Gasteiger partial charge in [0.2, 0.25) is 5.91 Å². The summed E-state index contributed by atoms with van der Waals surface area (Å²) in [6.07, 6.45) is 0.162. The van der Waals surface area contributed by atoms with E-state index in [0.717, 1.165) is 0 Å². The lowest BCUT2D eigenvalue weighted by Gasteiger charge is -2.05. The van der Waals surface area contributed by atoms with Crippen molar-refractivity contribution in [3.8, 4) is 0 Å². The third-order valence-electron chi connectivity index (χ3n) is 1.76. The van der Waals surface area contributed by atoms with Gasteiger partial charge in [0.1, 0.15) is 0 Å². The molecule has 1 aromatic rings. The van der Waals surface area contributed by atoms with E-state index < -0.39 is 4.92 Å². The van der Waals surface area contributed by atoms with Gasteiger partial charge in [0, 0.05) is 24.4 Å². The molecule has 0 saturated heterocycles. The fourth-order valence-corrected chi connectivity index (χ4v) is 1.41. The van der Waals surface area contributed by atoms with E-state index in [0.29, 0.717) is 5.69 Å². The summed E-state index contributed by atoms with van der Waals surface area (Å²) in [6, 6.07) is 3.83. The molecule has 0 unspecified atom stereocenters. The fourth-order valence-electron chi connectivity index (χ4n) is 1.02. The number of hydrogen-bond donors (Lipinski definition) is 1. The number of nitrogens with one attached hydrogen (secondary N) is 1. The first kappa shape index (κ1) is 12.7. The molecule has 1 amide bonds. The number of nitrogens with zero attached hydrogens (tertiary/aromatic N) is 1. The normalized spacial score (nSPS) is 9.88. The van der Waals surface area contributed by atoms with Crippen LogP contribution >= 0.6 is 23.2 Å². The molecule has 16 heavy (non-hydrogen) atoms. The van der Waals surface area contributed by atoms with E-state index in [9.17, 15) is 14.9 Å². The minimum atomic E-state index is -0.559. The number of rotatable bonds is 4. The van der Waals surface area contributed by atoms with E-state index in [1.54, 1.807) is 0 Å². The van der Waals surface area contributed by atoms with Crippen molar-refractivity contribution in [2.75, 3.05) is 11.2 Å². The second-order valence-corrected chi connectivity index (χ2v) is 3.69. The SMILES string of the molecule is O=C(CCCl)Nc1ccc([N+](=O)[O-])cc1Cl. The van der Waals surface area contributed by atoms with Crippen LogP contribution in [-0.4, -0.2) is 16.7 Å². The van der Waals surface area contributed by atoms with Gasteiger partial charge in [0.25, 0.3) is 5.69 Å². The largest absolute Gasteiger partial charge is 0.325 e. The molecule has 0 aliphatic rings. The number of hydrogen-bond acceptors (Lipinski definition) is 3. The quantitative estimate of drug-likeness (QED) is 0.515. The van der Waals surface area contributed by atoms with Crippen LogP contribution in [0.3, 0.4) is 0 Å². The standard InChI is InChI=1S/C9H8Cl2N2O3/c10-4-3-9(14)12-8-2-1-6(13(15)16)5-7(8)11/h1-2,5H,3-4H2,(H,12,14). The number of alkyl halides is 1. The van der Waals surface area contributed by atoms with Crippen LogP contribution < -0.4 is 5.32 Å². The Bertz CT molecular complexity index is 423. The van der Waals surface area contributed by atoms with Gasteiger partial charge in [-0.3, -0.25) is 14.9 Å². The molecule has 0 atom stereocenters. The van der Waals surface area contributed by atoms with Crippen molar-refractivity contribution in [3.63, 3.8) is 0 Å². The van der Waals surface area contributed by atoms with Crippen LogP contribution in [-0.2, 0) is 4.79 Å². The van der Waals surface area contributed by atoms with Crippen molar-refractivity contribution in [1.29, 1.82) is 0 Å². The summed E-state index contributed by atoms with van der Waals surface area (Å²) < 4.78 is 0. The van der Waals surface area contributed by atoms with Gasteiger partial charge in [-0.25, -0.2) is 0 Å². The van der Waals surface area contributed by atoms with Gasteiger partial charge in [-0.2, -0.15) is 0 Å². The fraction of sp³-hybridized carbons (Fsp3) is 0.222. The number of non-ortho nitro benzene ring substituents is 1. The van der Waals surface area contributed by atoms with Gasteiger partial charge >= 0.3 is 0 Å². The molecule has 0 aliphatic carbocycles. The zero-order chi connectivity index (χ0) is 12.1. The Morgan fingerprint density at radius 1 is 1.50 bits per heavy atom. The van der Waals surface area contributed by atoms with Gasteiger partial charge < -0.3 is 5.32 Å². The van der Waals surface area contributed by atoms with E-state index >= 15 is 0 Å². The summed E-state index contributed by atoms with van der Waals surface area (Å²) >= 11 is 11.2. The summed E-state index contributed by atoms with van der Waals surface area (Å²) in [5.74, 6) is -0.0815. The van der Waals surface area contributed by atoms with Crippen molar-refractivity contribution in [2.24, 2.45) is 0 Å². The molecule has 0 heterocycles. The number of anilines is 1.